The molecule has 0 heterocycles. The van der Waals surface area contributed by atoms with E-state index in [1.165, 1.54) is 10.5 Å². The highest BCUT2D eigenvalue weighted by Gasteiger charge is 1.95. The van der Waals surface area contributed by atoms with Crippen LogP contribution in [0.1, 0.15) is 24.8 Å². The van der Waals surface area contributed by atoms with Gasteiger partial charge in [0.25, 0.3) is 0 Å². The smallest absolute Gasteiger partial charge is 0.0431 e. The first kappa shape index (κ1) is 12.6. The number of rotatable bonds is 7. The van der Waals surface area contributed by atoms with E-state index in [-0.39, 0.29) is 0 Å². The average molecular weight is 225 g/mol. The molecule has 0 unspecified atom stereocenters. The van der Waals surface area contributed by atoms with Crippen molar-refractivity contribution in [3.8, 4) is 0 Å². The maximum Gasteiger partial charge on any atom is 0.0431 e. The first-order chi connectivity index (χ1) is 7.36. The molecule has 0 atom stereocenters. The summed E-state index contributed by atoms with van der Waals surface area (Å²) in [6.45, 7) is 0.923. The number of thioether (sulfide) groups is 1. The second kappa shape index (κ2) is 7.74. The fourth-order valence-corrected chi connectivity index (χ4v) is 2.34. The van der Waals surface area contributed by atoms with Gasteiger partial charge >= 0.3 is 0 Å². The molecule has 0 aliphatic rings. The van der Waals surface area contributed by atoms with Crippen LogP contribution in [0.5, 0.6) is 0 Å². The summed E-state index contributed by atoms with van der Waals surface area (Å²) in [7, 11) is 0. The zero-order valence-corrected chi connectivity index (χ0v) is 9.80. The van der Waals surface area contributed by atoms with Crippen molar-refractivity contribution in [2.45, 2.75) is 30.7 Å². The Bertz CT molecular complexity index is 278. The van der Waals surface area contributed by atoms with Crippen molar-refractivity contribution in [2.24, 2.45) is 5.73 Å². The predicted molar refractivity (Wildman–Crippen MR) is 66.0 cm³/mol. The molecule has 3 N–H and O–H groups in total. The summed E-state index contributed by atoms with van der Waals surface area (Å²) in [4.78, 5) is 1.29. The molecule has 0 aromatic heterocycles. The fourth-order valence-electron chi connectivity index (χ4n) is 1.34. The number of nitrogens with two attached hydrogens (primary N) is 1. The SMILES string of the molecule is NCc1cccc(SCCCCCO)c1. The van der Waals surface area contributed by atoms with Crippen LogP contribution in [0, 0.1) is 0 Å². The van der Waals surface area contributed by atoms with E-state index < -0.39 is 0 Å². The van der Waals surface area contributed by atoms with Crippen LogP contribution in [0.3, 0.4) is 0 Å². The number of benzene rings is 1. The number of aliphatic hydroxyl groups is 1. The summed E-state index contributed by atoms with van der Waals surface area (Å²) in [5, 5.41) is 8.63. The highest BCUT2D eigenvalue weighted by Crippen LogP contribution is 2.20. The van der Waals surface area contributed by atoms with E-state index in [1.807, 2.05) is 11.8 Å². The van der Waals surface area contributed by atoms with Crippen molar-refractivity contribution < 1.29 is 5.11 Å². The van der Waals surface area contributed by atoms with Gasteiger partial charge in [0.05, 0.1) is 0 Å². The molecule has 0 radical (unpaired) electrons. The first-order valence-corrected chi connectivity index (χ1v) is 6.38. The van der Waals surface area contributed by atoms with Crippen molar-refractivity contribution in [2.75, 3.05) is 12.4 Å². The standard InChI is InChI=1S/C12H19NOS/c13-10-11-5-4-6-12(9-11)15-8-3-1-2-7-14/h4-6,9,14H,1-3,7-8,10,13H2. The van der Waals surface area contributed by atoms with Crippen molar-refractivity contribution in [1.29, 1.82) is 0 Å². The molecule has 0 spiro atoms. The van der Waals surface area contributed by atoms with Crippen LogP contribution >= 0.6 is 11.8 Å². The lowest BCUT2D eigenvalue weighted by Gasteiger charge is -2.03. The Morgan fingerprint density at radius 2 is 2.07 bits per heavy atom. The molecule has 0 fully saturated rings. The maximum atomic E-state index is 8.63. The molecule has 0 saturated heterocycles. The lowest BCUT2D eigenvalue weighted by molar-refractivity contribution is 0.284. The van der Waals surface area contributed by atoms with Gasteiger partial charge in [0.15, 0.2) is 0 Å². The molecular formula is C12H19NOS. The Kier molecular flexibility index (Phi) is 6.48. The van der Waals surface area contributed by atoms with Gasteiger partial charge in [-0.25, -0.2) is 0 Å². The monoisotopic (exact) mass is 225 g/mol. The zero-order valence-electron chi connectivity index (χ0n) is 8.98. The van der Waals surface area contributed by atoms with Gasteiger partial charge in [-0.3, -0.25) is 0 Å². The maximum absolute atomic E-state index is 8.63. The van der Waals surface area contributed by atoms with Crippen molar-refractivity contribution >= 4 is 11.8 Å². The van der Waals surface area contributed by atoms with Crippen molar-refractivity contribution in [3.63, 3.8) is 0 Å². The summed E-state index contributed by atoms with van der Waals surface area (Å²) in [6.07, 6.45) is 3.20. The Morgan fingerprint density at radius 3 is 2.80 bits per heavy atom. The minimum atomic E-state index is 0.313. The number of hydrogen-bond donors (Lipinski definition) is 2. The van der Waals surface area contributed by atoms with E-state index in [0.717, 1.165) is 25.0 Å². The summed E-state index contributed by atoms with van der Waals surface area (Å²) < 4.78 is 0. The molecule has 84 valence electrons. The largest absolute Gasteiger partial charge is 0.396 e. The zero-order chi connectivity index (χ0) is 10.9. The molecule has 0 bridgehead atoms. The van der Waals surface area contributed by atoms with Crippen LogP contribution in [0.15, 0.2) is 29.2 Å². The van der Waals surface area contributed by atoms with Gasteiger partial charge in [-0.15, -0.1) is 11.8 Å². The fraction of sp³-hybridized carbons (Fsp3) is 0.500. The Balaban J connectivity index is 2.24. The third-order valence-electron chi connectivity index (χ3n) is 2.21. The second-order valence-electron chi connectivity index (χ2n) is 3.48. The third-order valence-corrected chi connectivity index (χ3v) is 3.29. The highest BCUT2D eigenvalue weighted by atomic mass is 32.2. The summed E-state index contributed by atoms with van der Waals surface area (Å²) >= 11 is 1.86. The van der Waals surface area contributed by atoms with Crippen LogP contribution in [-0.4, -0.2) is 17.5 Å². The van der Waals surface area contributed by atoms with Gasteiger partial charge in [-0.2, -0.15) is 0 Å². The number of unbranched alkanes of at least 4 members (excludes halogenated alkanes) is 2. The Hall–Kier alpha value is -0.510. The average Bonchev–Trinajstić information content (AvgIpc) is 2.29. The van der Waals surface area contributed by atoms with E-state index in [9.17, 15) is 0 Å². The van der Waals surface area contributed by atoms with Gasteiger partial charge in [-0.1, -0.05) is 18.6 Å². The van der Waals surface area contributed by atoms with Crippen LogP contribution in [0.2, 0.25) is 0 Å². The van der Waals surface area contributed by atoms with Crippen LogP contribution in [0.25, 0.3) is 0 Å². The van der Waals surface area contributed by atoms with Gasteiger partial charge < -0.3 is 10.8 Å². The normalized spacial score (nSPS) is 10.5. The molecule has 3 heteroatoms. The lowest BCUT2D eigenvalue weighted by Crippen LogP contribution is -1.95. The third kappa shape index (κ3) is 5.21. The molecule has 0 saturated carbocycles. The molecule has 0 aliphatic heterocycles. The molecule has 15 heavy (non-hydrogen) atoms. The minimum absolute atomic E-state index is 0.313. The van der Waals surface area contributed by atoms with Crippen LogP contribution in [-0.2, 0) is 6.54 Å². The molecule has 0 aliphatic carbocycles. The van der Waals surface area contributed by atoms with Gasteiger partial charge in [0.2, 0.25) is 0 Å². The van der Waals surface area contributed by atoms with E-state index in [1.54, 1.807) is 0 Å². The summed E-state index contributed by atoms with van der Waals surface area (Å²) in [5.74, 6) is 1.12. The van der Waals surface area contributed by atoms with E-state index in [0.29, 0.717) is 13.2 Å². The van der Waals surface area contributed by atoms with Crippen LogP contribution < -0.4 is 5.73 Å². The topological polar surface area (TPSA) is 46.2 Å². The van der Waals surface area contributed by atoms with Gasteiger partial charge in [0.1, 0.15) is 0 Å². The number of aliphatic hydroxyl groups excluding tert-OH is 1. The molecule has 1 aromatic rings. The molecule has 1 aromatic carbocycles. The van der Waals surface area contributed by atoms with Crippen molar-refractivity contribution in [1.82, 2.24) is 0 Å². The van der Waals surface area contributed by atoms with E-state index in [2.05, 4.69) is 24.3 Å². The van der Waals surface area contributed by atoms with E-state index >= 15 is 0 Å². The summed E-state index contributed by atoms with van der Waals surface area (Å²) in [6, 6.07) is 8.38. The molecule has 2 nitrogen and oxygen atoms in total. The quantitative estimate of drug-likeness (QED) is 0.553. The lowest BCUT2D eigenvalue weighted by atomic mass is 10.2. The van der Waals surface area contributed by atoms with E-state index in [4.69, 9.17) is 10.8 Å². The Morgan fingerprint density at radius 1 is 1.20 bits per heavy atom. The van der Waals surface area contributed by atoms with Crippen LogP contribution in [0.4, 0.5) is 0 Å². The number of hydrogen-bond acceptors (Lipinski definition) is 3. The summed E-state index contributed by atoms with van der Waals surface area (Å²) in [5.41, 5.74) is 6.77. The van der Waals surface area contributed by atoms with Crippen molar-refractivity contribution in [3.05, 3.63) is 29.8 Å². The second-order valence-corrected chi connectivity index (χ2v) is 4.65. The van der Waals surface area contributed by atoms with Gasteiger partial charge in [-0.05, 0) is 36.3 Å². The molecule has 1 rings (SSSR count). The highest BCUT2D eigenvalue weighted by molar-refractivity contribution is 7.99. The minimum Gasteiger partial charge on any atom is -0.396 e. The first-order valence-electron chi connectivity index (χ1n) is 5.39. The molecule has 0 amide bonds. The Labute approximate surface area is 95.9 Å². The van der Waals surface area contributed by atoms with Gasteiger partial charge in [0, 0.05) is 18.0 Å². The predicted octanol–water partition coefficient (Wildman–Crippen LogP) is 2.40. The molecular weight excluding hydrogens is 206 g/mol.